The first-order valence-electron chi connectivity index (χ1n) is 4.53. The van der Waals surface area contributed by atoms with Gasteiger partial charge in [-0.2, -0.15) is 0 Å². The van der Waals surface area contributed by atoms with Crippen LogP contribution in [0.4, 0.5) is 0 Å². The molecule has 0 fully saturated rings. The van der Waals surface area contributed by atoms with Crippen molar-refractivity contribution in [3.05, 3.63) is 41.3 Å². The lowest BCUT2D eigenvalue weighted by molar-refractivity contribution is 1.17. The summed E-state index contributed by atoms with van der Waals surface area (Å²) in [5.41, 5.74) is 2.52. The van der Waals surface area contributed by atoms with Crippen molar-refractivity contribution in [1.82, 2.24) is 0 Å². The largest absolute Gasteiger partial charge is 0.143 e. The van der Waals surface area contributed by atoms with Gasteiger partial charge in [0.15, 0.2) is 0 Å². The van der Waals surface area contributed by atoms with E-state index < -0.39 is 0 Å². The number of aryl methyl sites for hydroxylation is 2. The standard InChI is InChI=1S/C11H10ClIS2/c1-6-3-7(2)15-11(6)10(12)8-4-9(13)14-5-8/h3-5,10H,1-2H3. The summed E-state index contributed by atoms with van der Waals surface area (Å²) in [6, 6.07) is 4.37. The van der Waals surface area contributed by atoms with Gasteiger partial charge in [-0.3, -0.25) is 0 Å². The van der Waals surface area contributed by atoms with Crippen LogP contribution >= 0.6 is 56.9 Å². The molecule has 0 saturated carbocycles. The first-order valence-corrected chi connectivity index (χ1v) is 7.74. The zero-order valence-electron chi connectivity index (χ0n) is 8.38. The van der Waals surface area contributed by atoms with Gasteiger partial charge in [0.25, 0.3) is 0 Å². The molecule has 0 bridgehead atoms. The van der Waals surface area contributed by atoms with Crippen molar-refractivity contribution < 1.29 is 0 Å². The van der Waals surface area contributed by atoms with Crippen molar-refractivity contribution in [2.45, 2.75) is 19.2 Å². The smallest absolute Gasteiger partial charge is 0.0938 e. The van der Waals surface area contributed by atoms with Crippen LogP contribution in [0.5, 0.6) is 0 Å². The summed E-state index contributed by atoms with van der Waals surface area (Å²) in [6.45, 7) is 4.26. The SMILES string of the molecule is Cc1cc(C)c(C(Cl)c2csc(I)c2)s1. The summed E-state index contributed by atoms with van der Waals surface area (Å²) in [5.74, 6) is 0. The Balaban J connectivity index is 2.35. The average molecular weight is 369 g/mol. The minimum Gasteiger partial charge on any atom is -0.143 e. The zero-order chi connectivity index (χ0) is 11.0. The van der Waals surface area contributed by atoms with Crippen LogP contribution in [0, 0.1) is 16.7 Å². The van der Waals surface area contributed by atoms with Crippen molar-refractivity contribution in [2.75, 3.05) is 0 Å². The second kappa shape index (κ2) is 4.73. The number of rotatable bonds is 2. The highest BCUT2D eigenvalue weighted by Gasteiger charge is 2.16. The summed E-state index contributed by atoms with van der Waals surface area (Å²) in [5, 5.41) is 2.16. The fourth-order valence-electron chi connectivity index (χ4n) is 1.52. The van der Waals surface area contributed by atoms with E-state index in [1.807, 2.05) is 0 Å². The van der Waals surface area contributed by atoms with Crippen molar-refractivity contribution in [3.63, 3.8) is 0 Å². The van der Waals surface area contributed by atoms with Crippen LogP contribution in [-0.4, -0.2) is 0 Å². The normalized spacial score (nSPS) is 13.1. The minimum atomic E-state index is 0.0171. The molecule has 2 rings (SSSR count). The third-order valence-corrected chi connectivity index (χ3v) is 5.81. The summed E-state index contributed by atoms with van der Waals surface area (Å²) in [6.07, 6.45) is 0. The van der Waals surface area contributed by atoms with E-state index in [0.29, 0.717) is 0 Å². The van der Waals surface area contributed by atoms with Crippen molar-refractivity contribution >= 4 is 56.9 Å². The molecule has 0 nitrogen and oxygen atoms in total. The third kappa shape index (κ3) is 2.57. The average Bonchev–Trinajstić information content (AvgIpc) is 2.71. The lowest BCUT2D eigenvalue weighted by atomic mass is 10.1. The van der Waals surface area contributed by atoms with Crippen molar-refractivity contribution in [1.29, 1.82) is 0 Å². The first kappa shape index (κ1) is 11.9. The highest BCUT2D eigenvalue weighted by atomic mass is 127. The second-order valence-corrected chi connectivity index (χ2v) is 7.98. The summed E-state index contributed by atoms with van der Waals surface area (Å²) in [7, 11) is 0. The van der Waals surface area contributed by atoms with E-state index in [1.54, 1.807) is 22.7 Å². The fourth-order valence-corrected chi connectivity index (χ4v) is 4.47. The van der Waals surface area contributed by atoms with Crippen LogP contribution in [0.3, 0.4) is 0 Å². The molecule has 1 unspecified atom stereocenters. The molecule has 0 aliphatic rings. The highest BCUT2D eigenvalue weighted by molar-refractivity contribution is 14.1. The molecule has 0 spiro atoms. The molecule has 4 heteroatoms. The predicted molar refractivity (Wildman–Crippen MR) is 78.5 cm³/mol. The van der Waals surface area contributed by atoms with Crippen LogP contribution in [0.25, 0.3) is 0 Å². The first-order chi connectivity index (χ1) is 7.08. The number of halogens is 2. The maximum atomic E-state index is 6.48. The molecule has 2 heterocycles. The van der Waals surface area contributed by atoms with Gasteiger partial charge in [0.2, 0.25) is 0 Å². The molecule has 0 N–H and O–H groups in total. The minimum absolute atomic E-state index is 0.0171. The Morgan fingerprint density at radius 2 is 2.07 bits per heavy atom. The number of hydrogen-bond donors (Lipinski definition) is 0. The van der Waals surface area contributed by atoms with Gasteiger partial charge >= 0.3 is 0 Å². The zero-order valence-corrected chi connectivity index (χ0v) is 12.9. The van der Waals surface area contributed by atoms with Crippen molar-refractivity contribution in [3.8, 4) is 0 Å². The lowest BCUT2D eigenvalue weighted by Gasteiger charge is -2.05. The van der Waals surface area contributed by atoms with Gasteiger partial charge in [0, 0.05) is 9.75 Å². The number of hydrogen-bond acceptors (Lipinski definition) is 2. The summed E-state index contributed by atoms with van der Waals surface area (Å²) >= 11 is 12.4. The Morgan fingerprint density at radius 1 is 1.33 bits per heavy atom. The molecular formula is C11H10ClIS2. The Morgan fingerprint density at radius 3 is 2.53 bits per heavy atom. The van der Waals surface area contributed by atoms with Crippen LogP contribution in [-0.2, 0) is 0 Å². The van der Waals surface area contributed by atoms with E-state index in [-0.39, 0.29) is 5.38 Å². The Hall–Kier alpha value is 0.420. The van der Waals surface area contributed by atoms with E-state index in [9.17, 15) is 0 Å². The molecule has 2 aromatic rings. The Kier molecular flexibility index (Phi) is 3.75. The van der Waals surface area contributed by atoms with Gasteiger partial charge in [0.05, 0.1) is 8.26 Å². The van der Waals surface area contributed by atoms with Gasteiger partial charge in [0.1, 0.15) is 0 Å². The molecule has 0 aliphatic heterocycles. The Bertz CT molecular complexity index is 473. The van der Waals surface area contributed by atoms with E-state index in [1.165, 1.54) is 23.8 Å². The third-order valence-electron chi connectivity index (χ3n) is 2.19. The van der Waals surface area contributed by atoms with Crippen LogP contribution in [0.15, 0.2) is 17.5 Å². The molecule has 0 amide bonds. The van der Waals surface area contributed by atoms with Crippen LogP contribution < -0.4 is 0 Å². The summed E-state index contributed by atoms with van der Waals surface area (Å²) < 4.78 is 1.29. The Labute approximate surface area is 116 Å². The fraction of sp³-hybridized carbons (Fsp3) is 0.273. The monoisotopic (exact) mass is 368 g/mol. The van der Waals surface area contributed by atoms with E-state index in [0.717, 1.165) is 0 Å². The van der Waals surface area contributed by atoms with E-state index in [2.05, 4.69) is 54.0 Å². The maximum absolute atomic E-state index is 6.48. The molecule has 0 aliphatic carbocycles. The van der Waals surface area contributed by atoms with Gasteiger partial charge in [-0.1, -0.05) is 0 Å². The maximum Gasteiger partial charge on any atom is 0.0938 e. The molecule has 1 atom stereocenters. The van der Waals surface area contributed by atoms with Crippen LogP contribution in [0.1, 0.15) is 26.3 Å². The van der Waals surface area contributed by atoms with E-state index >= 15 is 0 Å². The molecule has 80 valence electrons. The highest BCUT2D eigenvalue weighted by Crippen LogP contribution is 2.38. The van der Waals surface area contributed by atoms with Gasteiger partial charge in [-0.15, -0.1) is 34.3 Å². The van der Waals surface area contributed by atoms with Crippen molar-refractivity contribution in [2.24, 2.45) is 0 Å². The lowest BCUT2D eigenvalue weighted by Crippen LogP contribution is -1.89. The quantitative estimate of drug-likeness (QED) is 0.494. The topological polar surface area (TPSA) is 0 Å². The molecule has 0 saturated heterocycles. The van der Waals surface area contributed by atoms with Crippen LogP contribution in [0.2, 0.25) is 0 Å². The molecule has 0 aromatic carbocycles. The van der Waals surface area contributed by atoms with E-state index in [4.69, 9.17) is 11.6 Å². The summed E-state index contributed by atoms with van der Waals surface area (Å²) in [4.78, 5) is 2.61. The van der Waals surface area contributed by atoms with Gasteiger partial charge < -0.3 is 0 Å². The molecule has 15 heavy (non-hydrogen) atoms. The molecular weight excluding hydrogens is 359 g/mol. The number of alkyl halides is 1. The predicted octanol–water partition coefficient (Wildman–Crippen LogP) is 5.36. The molecule has 2 aromatic heterocycles. The molecule has 0 radical (unpaired) electrons. The second-order valence-electron chi connectivity index (χ2n) is 3.45. The van der Waals surface area contributed by atoms with Gasteiger partial charge in [-0.25, -0.2) is 0 Å². The van der Waals surface area contributed by atoms with Gasteiger partial charge in [-0.05, 0) is 65.1 Å². The number of thiophene rings is 2.